The second-order valence-corrected chi connectivity index (χ2v) is 4.65. The summed E-state index contributed by atoms with van der Waals surface area (Å²) in [7, 11) is 2.12. The van der Waals surface area contributed by atoms with Crippen LogP contribution in [0.25, 0.3) is 0 Å². The van der Waals surface area contributed by atoms with Crippen molar-refractivity contribution in [3.8, 4) is 0 Å². The molecule has 1 saturated heterocycles. The normalized spacial score (nSPS) is 22.2. The van der Waals surface area contributed by atoms with Crippen LogP contribution in [0.3, 0.4) is 0 Å². The first kappa shape index (κ1) is 12.6. The highest BCUT2D eigenvalue weighted by Crippen LogP contribution is 2.21. The highest BCUT2D eigenvalue weighted by atomic mass is 16.4. The molecule has 1 aliphatic heterocycles. The molecule has 98 valence electrons. The van der Waals surface area contributed by atoms with Gasteiger partial charge < -0.3 is 20.7 Å². The van der Waals surface area contributed by atoms with Gasteiger partial charge in [0.2, 0.25) is 0 Å². The minimum atomic E-state index is 0.124. The van der Waals surface area contributed by atoms with Gasteiger partial charge in [-0.3, -0.25) is 4.98 Å². The average molecular weight is 249 g/mol. The summed E-state index contributed by atoms with van der Waals surface area (Å²) < 4.78 is 0. The fraction of sp³-hybridized carbons (Fsp3) is 0.500. The van der Waals surface area contributed by atoms with Gasteiger partial charge in [0.05, 0.1) is 11.9 Å². The SMILES string of the molecule is CC1CN(c2cnccc2/C(N)=N/O)CCN1C. The molecule has 0 radical (unpaired) electrons. The number of nitrogens with zero attached hydrogens (tertiary/aromatic N) is 4. The zero-order chi connectivity index (χ0) is 13.1. The number of nitrogens with two attached hydrogens (primary N) is 1. The van der Waals surface area contributed by atoms with E-state index < -0.39 is 0 Å². The molecule has 18 heavy (non-hydrogen) atoms. The third-order valence-electron chi connectivity index (χ3n) is 3.48. The number of amidine groups is 1. The molecule has 0 bridgehead atoms. The summed E-state index contributed by atoms with van der Waals surface area (Å²) in [6, 6.07) is 2.24. The van der Waals surface area contributed by atoms with Crippen molar-refractivity contribution in [1.82, 2.24) is 9.88 Å². The maximum Gasteiger partial charge on any atom is 0.172 e. The van der Waals surface area contributed by atoms with Crippen LogP contribution in [0.4, 0.5) is 5.69 Å². The number of aromatic nitrogens is 1. The second-order valence-electron chi connectivity index (χ2n) is 4.65. The highest BCUT2D eigenvalue weighted by molar-refractivity contribution is 6.02. The molecular weight excluding hydrogens is 230 g/mol. The molecule has 0 spiro atoms. The molecule has 6 heteroatoms. The second kappa shape index (κ2) is 5.22. The van der Waals surface area contributed by atoms with Gasteiger partial charge in [-0.1, -0.05) is 5.16 Å². The summed E-state index contributed by atoms with van der Waals surface area (Å²) in [6.07, 6.45) is 3.42. The zero-order valence-corrected chi connectivity index (χ0v) is 10.7. The summed E-state index contributed by atoms with van der Waals surface area (Å²) in [6.45, 7) is 5.00. The first-order valence-corrected chi connectivity index (χ1v) is 6.00. The third kappa shape index (κ3) is 2.38. The molecule has 3 N–H and O–H groups in total. The van der Waals surface area contributed by atoms with E-state index in [2.05, 4.69) is 33.9 Å². The number of anilines is 1. The van der Waals surface area contributed by atoms with Crippen LogP contribution < -0.4 is 10.6 Å². The van der Waals surface area contributed by atoms with Gasteiger partial charge in [-0.05, 0) is 20.0 Å². The molecular formula is C12H19N5O. The van der Waals surface area contributed by atoms with E-state index in [0.717, 1.165) is 30.9 Å². The molecule has 0 aromatic carbocycles. The fourth-order valence-corrected chi connectivity index (χ4v) is 2.18. The smallest absolute Gasteiger partial charge is 0.172 e. The Bertz CT molecular complexity index is 448. The number of rotatable bonds is 2. The Hall–Kier alpha value is -1.82. The van der Waals surface area contributed by atoms with Crippen molar-refractivity contribution in [3.63, 3.8) is 0 Å². The van der Waals surface area contributed by atoms with E-state index in [4.69, 9.17) is 10.9 Å². The van der Waals surface area contributed by atoms with Gasteiger partial charge in [-0.25, -0.2) is 0 Å². The topological polar surface area (TPSA) is 78.0 Å². The number of oxime groups is 1. The minimum absolute atomic E-state index is 0.124. The van der Waals surface area contributed by atoms with Crippen LogP contribution in [0, 0.1) is 0 Å². The monoisotopic (exact) mass is 249 g/mol. The Morgan fingerprint density at radius 1 is 1.56 bits per heavy atom. The van der Waals surface area contributed by atoms with Gasteiger partial charge in [0.1, 0.15) is 0 Å². The predicted molar refractivity (Wildman–Crippen MR) is 71.1 cm³/mol. The Labute approximate surface area is 107 Å². The van der Waals surface area contributed by atoms with Gasteiger partial charge in [0, 0.05) is 37.4 Å². The standard InChI is InChI=1S/C12H19N5O/c1-9-8-17(6-5-16(9)2)11-7-14-4-3-10(11)12(13)15-18/h3-4,7,9,18H,5-6,8H2,1-2H3,(H2,13,15). The molecule has 1 atom stereocenters. The van der Waals surface area contributed by atoms with E-state index in [-0.39, 0.29) is 5.84 Å². The lowest BCUT2D eigenvalue weighted by Gasteiger charge is -2.39. The lowest BCUT2D eigenvalue weighted by Crippen LogP contribution is -2.50. The van der Waals surface area contributed by atoms with Crippen LogP contribution in [0.5, 0.6) is 0 Å². The molecule has 6 nitrogen and oxygen atoms in total. The first-order chi connectivity index (χ1) is 8.63. The summed E-state index contributed by atoms with van der Waals surface area (Å²) in [4.78, 5) is 8.68. The van der Waals surface area contributed by atoms with Gasteiger partial charge >= 0.3 is 0 Å². The van der Waals surface area contributed by atoms with Crippen LogP contribution in [0.1, 0.15) is 12.5 Å². The number of piperazine rings is 1. The van der Waals surface area contributed by atoms with E-state index >= 15 is 0 Å². The van der Waals surface area contributed by atoms with Crippen LogP contribution in [0.2, 0.25) is 0 Å². The van der Waals surface area contributed by atoms with E-state index in [1.807, 2.05) is 0 Å². The van der Waals surface area contributed by atoms with Crippen molar-refractivity contribution < 1.29 is 5.21 Å². The van der Waals surface area contributed by atoms with Crippen molar-refractivity contribution in [2.75, 3.05) is 31.6 Å². The third-order valence-corrected chi connectivity index (χ3v) is 3.48. The molecule has 1 aliphatic rings. The Morgan fingerprint density at radius 2 is 2.33 bits per heavy atom. The molecule has 0 saturated carbocycles. The van der Waals surface area contributed by atoms with E-state index in [1.54, 1.807) is 18.5 Å². The fourth-order valence-electron chi connectivity index (χ4n) is 2.18. The largest absolute Gasteiger partial charge is 0.409 e. The van der Waals surface area contributed by atoms with E-state index in [1.165, 1.54) is 0 Å². The van der Waals surface area contributed by atoms with Gasteiger partial charge in [0.25, 0.3) is 0 Å². The van der Waals surface area contributed by atoms with Crippen molar-refractivity contribution in [2.45, 2.75) is 13.0 Å². The number of likely N-dealkylation sites (N-methyl/N-ethyl adjacent to an activating group) is 1. The molecule has 0 amide bonds. The molecule has 2 rings (SSSR count). The van der Waals surface area contributed by atoms with Gasteiger partial charge in [-0.2, -0.15) is 0 Å². The summed E-state index contributed by atoms with van der Waals surface area (Å²) in [5, 5.41) is 11.9. The van der Waals surface area contributed by atoms with E-state index in [9.17, 15) is 0 Å². The molecule has 2 heterocycles. The number of hydrogen-bond donors (Lipinski definition) is 2. The lowest BCUT2D eigenvalue weighted by atomic mass is 10.1. The lowest BCUT2D eigenvalue weighted by molar-refractivity contribution is 0.234. The number of hydrogen-bond acceptors (Lipinski definition) is 5. The van der Waals surface area contributed by atoms with Crippen molar-refractivity contribution in [3.05, 3.63) is 24.0 Å². The Kier molecular flexibility index (Phi) is 3.66. The van der Waals surface area contributed by atoms with Gasteiger partial charge in [-0.15, -0.1) is 0 Å². The molecule has 1 fully saturated rings. The van der Waals surface area contributed by atoms with Crippen LogP contribution in [-0.4, -0.2) is 53.7 Å². The summed E-state index contributed by atoms with van der Waals surface area (Å²) in [5.41, 5.74) is 7.35. The molecule has 1 unspecified atom stereocenters. The summed E-state index contributed by atoms with van der Waals surface area (Å²) in [5.74, 6) is 0.124. The van der Waals surface area contributed by atoms with Gasteiger partial charge in [0.15, 0.2) is 5.84 Å². The molecule has 0 aliphatic carbocycles. The van der Waals surface area contributed by atoms with E-state index in [0.29, 0.717) is 6.04 Å². The van der Waals surface area contributed by atoms with Crippen LogP contribution in [0.15, 0.2) is 23.6 Å². The minimum Gasteiger partial charge on any atom is -0.409 e. The summed E-state index contributed by atoms with van der Waals surface area (Å²) >= 11 is 0. The van der Waals surface area contributed by atoms with Crippen LogP contribution >= 0.6 is 0 Å². The first-order valence-electron chi connectivity index (χ1n) is 6.00. The maximum atomic E-state index is 8.82. The Balaban J connectivity index is 2.28. The quantitative estimate of drug-likeness (QED) is 0.341. The van der Waals surface area contributed by atoms with Crippen molar-refractivity contribution >= 4 is 11.5 Å². The van der Waals surface area contributed by atoms with Crippen molar-refractivity contribution in [1.29, 1.82) is 0 Å². The van der Waals surface area contributed by atoms with Crippen molar-refractivity contribution in [2.24, 2.45) is 10.9 Å². The zero-order valence-electron chi connectivity index (χ0n) is 10.7. The molecule has 1 aromatic rings. The predicted octanol–water partition coefficient (Wildman–Crippen LogP) is 0.316. The molecule has 1 aromatic heterocycles. The van der Waals surface area contributed by atoms with Crippen LogP contribution in [-0.2, 0) is 0 Å². The maximum absolute atomic E-state index is 8.82. The Morgan fingerprint density at radius 3 is 3.00 bits per heavy atom. The number of pyridine rings is 1. The average Bonchev–Trinajstić information content (AvgIpc) is 2.41. The highest BCUT2D eigenvalue weighted by Gasteiger charge is 2.23.